The summed E-state index contributed by atoms with van der Waals surface area (Å²) in [6, 6.07) is 10.2. The predicted octanol–water partition coefficient (Wildman–Crippen LogP) is 3.60. The van der Waals surface area contributed by atoms with Crippen molar-refractivity contribution in [1.82, 2.24) is 4.98 Å². The highest BCUT2D eigenvalue weighted by molar-refractivity contribution is 9.10. The van der Waals surface area contributed by atoms with Crippen molar-refractivity contribution < 1.29 is 14.2 Å². The molecule has 26 heavy (non-hydrogen) atoms. The number of benzene rings is 1. The first kappa shape index (κ1) is 17.1. The minimum absolute atomic E-state index is 0.103. The standard InChI is InChI=1S/C19H18BrN3O3/c20-14-8-15(16(9-21)22-10-14)23-11-19(3-5-24-6-4-19)13-1-2-17-18(7-13)26-12-25-17/h1-2,7-8,10,23H,3-6,11-12H2. The predicted molar refractivity (Wildman–Crippen MR) is 99.4 cm³/mol. The molecule has 0 unspecified atom stereocenters. The Kier molecular flexibility index (Phi) is 4.70. The molecule has 0 radical (unpaired) electrons. The Morgan fingerprint density at radius 3 is 2.81 bits per heavy atom. The molecular weight excluding hydrogens is 398 g/mol. The van der Waals surface area contributed by atoms with Gasteiger partial charge in [0.25, 0.3) is 0 Å². The van der Waals surface area contributed by atoms with E-state index in [1.54, 1.807) is 6.20 Å². The first-order valence-electron chi connectivity index (χ1n) is 8.48. The maximum atomic E-state index is 9.32. The Labute approximate surface area is 160 Å². The molecule has 4 rings (SSSR count). The van der Waals surface area contributed by atoms with Crippen LogP contribution < -0.4 is 14.8 Å². The second-order valence-corrected chi connectivity index (χ2v) is 7.39. The molecule has 7 heteroatoms. The van der Waals surface area contributed by atoms with Gasteiger partial charge in [0.2, 0.25) is 6.79 Å². The van der Waals surface area contributed by atoms with Gasteiger partial charge in [-0.3, -0.25) is 0 Å². The summed E-state index contributed by atoms with van der Waals surface area (Å²) in [7, 11) is 0. The third-order valence-corrected chi connectivity index (χ3v) is 5.45. The second kappa shape index (κ2) is 7.14. The zero-order valence-electron chi connectivity index (χ0n) is 14.1. The maximum absolute atomic E-state index is 9.32. The summed E-state index contributed by atoms with van der Waals surface area (Å²) in [5, 5.41) is 12.8. The number of nitriles is 1. The summed E-state index contributed by atoms with van der Waals surface area (Å²) in [6.45, 7) is 2.36. The van der Waals surface area contributed by atoms with E-state index in [0.717, 1.165) is 34.5 Å². The van der Waals surface area contributed by atoms with E-state index in [1.165, 1.54) is 5.56 Å². The molecule has 134 valence electrons. The molecule has 2 aliphatic heterocycles. The van der Waals surface area contributed by atoms with Crippen molar-refractivity contribution in [2.45, 2.75) is 18.3 Å². The number of pyridine rings is 1. The molecule has 3 heterocycles. The van der Waals surface area contributed by atoms with Crippen molar-refractivity contribution in [3.8, 4) is 17.6 Å². The molecule has 0 spiro atoms. The fourth-order valence-electron chi connectivity index (χ4n) is 3.48. The van der Waals surface area contributed by atoms with Gasteiger partial charge in [-0.15, -0.1) is 0 Å². The summed E-state index contributed by atoms with van der Waals surface area (Å²) >= 11 is 3.42. The summed E-state index contributed by atoms with van der Waals surface area (Å²) in [5.41, 5.74) is 2.21. The number of rotatable bonds is 4. The number of hydrogen-bond donors (Lipinski definition) is 1. The minimum Gasteiger partial charge on any atom is -0.454 e. The Hall–Kier alpha value is -2.30. The highest BCUT2D eigenvalue weighted by Crippen LogP contribution is 2.41. The first-order chi connectivity index (χ1) is 12.7. The molecule has 1 saturated heterocycles. The van der Waals surface area contributed by atoms with Gasteiger partial charge in [0.1, 0.15) is 6.07 Å². The highest BCUT2D eigenvalue weighted by Gasteiger charge is 2.35. The molecule has 2 aromatic rings. The van der Waals surface area contributed by atoms with Crippen LogP contribution in [0.1, 0.15) is 24.1 Å². The average molecular weight is 416 g/mol. The molecule has 0 atom stereocenters. The zero-order valence-corrected chi connectivity index (χ0v) is 15.7. The van der Waals surface area contributed by atoms with Crippen LogP contribution in [-0.2, 0) is 10.2 Å². The Morgan fingerprint density at radius 2 is 2.00 bits per heavy atom. The third-order valence-electron chi connectivity index (χ3n) is 5.01. The van der Waals surface area contributed by atoms with E-state index >= 15 is 0 Å². The normalized spacial score (nSPS) is 17.5. The van der Waals surface area contributed by atoms with Crippen LogP contribution >= 0.6 is 15.9 Å². The van der Waals surface area contributed by atoms with Crippen LogP contribution in [0.15, 0.2) is 34.9 Å². The lowest BCUT2D eigenvalue weighted by Gasteiger charge is -2.38. The second-order valence-electron chi connectivity index (χ2n) is 6.48. The van der Waals surface area contributed by atoms with Crippen molar-refractivity contribution in [1.29, 1.82) is 5.26 Å². The van der Waals surface area contributed by atoms with Gasteiger partial charge in [0.15, 0.2) is 17.2 Å². The van der Waals surface area contributed by atoms with Crippen molar-refractivity contribution in [2.24, 2.45) is 0 Å². The van der Waals surface area contributed by atoms with E-state index in [2.05, 4.69) is 44.4 Å². The average Bonchev–Trinajstić information content (AvgIpc) is 3.15. The molecule has 1 fully saturated rings. The molecule has 0 bridgehead atoms. The van der Waals surface area contributed by atoms with Crippen molar-refractivity contribution in [2.75, 3.05) is 31.9 Å². The van der Waals surface area contributed by atoms with Gasteiger partial charge in [0.05, 0.1) is 5.69 Å². The van der Waals surface area contributed by atoms with Gasteiger partial charge in [-0.2, -0.15) is 5.26 Å². The van der Waals surface area contributed by atoms with Gasteiger partial charge >= 0.3 is 0 Å². The topological polar surface area (TPSA) is 76.4 Å². The van der Waals surface area contributed by atoms with Crippen LogP contribution in [0.5, 0.6) is 11.5 Å². The molecule has 6 nitrogen and oxygen atoms in total. The smallest absolute Gasteiger partial charge is 0.231 e. The molecule has 1 N–H and O–H groups in total. The molecule has 0 saturated carbocycles. The Balaban J connectivity index is 1.63. The molecular formula is C19H18BrN3O3. The van der Waals surface area contributed by atoms with Crippen LogP contribution in [0.3, 0.4) is 0 Å². The number of hydrogen-bond acceptors (Lipinski definition) is 6. The SMILES string of the molecule is N#Cc1ncc(Br)cc1NCC1(c2ccc3c(c2)OCO3)CCOCC1. The Bertz CT molecular complexity index is 860. The van der Waals surface area contributed by atoms with E-state index in [4.69, 9.17) is 14.2 Å². The number of nitrogens with zero attached hydrogens (tertiary/aromatic N) is 2. The van der Waals surface area contributed by atoms with Crippen LogP contribution in [0, 0.1) is 11.3 Å². The minimum atomic E-state index is -0.103. The number of anilines is 1. The fraction of sp³-hybridized carbons (Fsp3) is 0.368. The van der Waals surface area contributed by atoms with Gasteiger partial charge in [-0.05, 0) is 52.5 Å². The largest absolute Gasteiger partial charge is 0.454 e. The summed E-state index contributed by atoms with van der Waals surface area (Å²) < 4.78 is 17.4. The molecule has 0 aliphatic carbocycles. The number of fused-ring (bicyclic) bond motifs is 1. The van der Waals surface area contributed by atoms with E-state index in [1.807, 2.05) is 12.1 Å². The van der Waals surface area contributed by atoms with E-state index in [0.29, 0.717) is 25.5 Å². The van der Waals surface area contributed by atoms with E-state index in [-0.39, 0.29) is 12.2 Å². The van der Waals surface area contributed by atoms with E-state index in [9.17, 15) is 5.26 Å². The molecule has 1 aromatic heterocycles. The van der Waals surface area contributed by atoms with Crippen LogP contribution in [0.2, 0.25) is 0 Å². The zero-order chi connectivity index (χ0) is 18.0. The molecule has 2 aliphatic rings. The monoisotopic (exact) mass is 415 g/mol. The lowest BCUT2D eigenvalue weighted by Crippen LogP contribution is -2.40. The lowest BCUT2D eigenvalue weighted by molar-refractivity contribution is 0.0543. The van der Waals surface area contributed by atoms with Crippen LogP contribution in [-0.4, -0.2) is 31.5 Å². The number of halogens is 1. The number of aromatic nitrogens is 1. The lowest BCUT2D eigenvalue weighted by atomic mass is 9.74. The van der Waals surface area contributed by atoms with Gasteiger partial charge in [-0.1, -0.05) is 6.07 Å². The van der Waals surface area contributed by atoms with Crippen LogP contribution in [0.25, 0.3) is 0 Å². The summed E-state index contributed by atoms with van der Waals surface area (Å²) in [5.74, 6) is 1.57. The Morgan fingerprint density at radius 1 is 1.19 bits per heavy atom. The molecule has 1 aromatic carbocycles. The van der Waals surface area contributed by atoms with Crippen LogP contribution in [0.4, 0.5) is 5.69 Å². The third kappa shape index (κ3) is 3.22. The number of ether oxygens (including phenoxy) is 3. The first-order valence-corrected chi connectivity index (χ1v) is 9.27. The fourth-order valence-corrected chi connectivity index (χ4v) is 3.81. The van der Waals surface area contributed by atoms with E-state index < -0.39 is 0 Å². The summed E-state index contributed by atoms with van der Waals surface area (Å²) in [4.78, 5) is 4.17. The van der Waals surface area contributed by atoms with Crippen molar-refractivity contribution >= 4 is 21.6 Å². The maximum Gasteiger partial charge on any atom is 0.231 e. The summed E-state index contributed by atoms with van der Waals surface area (Å²) in [6.07, 6.45) is 3.41. The van der Waals surface area contributed by atoms with Gasteiger partial charge in [0, 0.05) is 35.8 Å². The van der Waals surface area contributed by atoms with Crippen molar-refractivity contribution in [3.05, 3.63) is 46.2 Å². The van der Waals surface area contributed by atoms with Gasteiger partial charge < -0.3 is 19.5 Å². The molecule has 0 amide bonds. The quantitative estimate of drug-likeness (QED) is 0.821. The van der Waals surface area contributed by atoms with Crippen molar-refractivity contribution in [3.63, 3.8) is 0 Å². The number of nitrogens with one attached hydrogen (secondary N) is 1. The van der Waals surface area contributed by atoms with Gasteiger partial charge in [-0.25, -0.2) is 4.98 Å². The highest BCUT2D eigenvalue weighted by atomic mass is 79.9.